The number of carbonyl (C=O) groups is 4. The Morgan fingerprint density at radius 1 is 0.525 bits per heavy atom. The van der Waals surface area contributed by atoms with E-state index < -0.39 is 180 Å². The highest BCUT2D eigenvalue weighted by molar-refractivity contribution is 7.81. The predicted molar refractivity (Wildman–Crippen MR) is 179 cm³/mol. The van der Waals surface area contributed by atoms with Gasteiger partial charge < -0.3 is 94.9 Å². The van der Waals surface area contributed by atoms with E-state index in [1.807, 2.05) is 0 Å². The number of aliphatic hydroxyl groups excluding tert-OH is 8. The molecule has 4 aliphatic rings. The average Bonchev–Trinajstić information content (AvgIpc) is 3.13. The highest BCUT2D eigenvalue weighted by Crippen LogP contribution is 2.36. The topological polar surface area (TPSA) is 486 Å². The van der Waals surface area contributed by atoms with Gasteiger partial charge in [0.15, 0.2) is 37.4 Å². The zero-order valence-electron chi connectivity index (χ0n) is 31.1. The molecule has 0 saturated carbocycles. The molecule has 0 aromatic carbocycles. The van der Waals surface area contributed by atoms with Crippen LogP contribution in [0.5, 0.6) is 0 Å². The minimum Gasteiger partial charge on any atom is -0.479 e. The van der Waals surface area contributed by atoms with Crippen LogP contribution in [0.25, 0.3) is 0 Å². The molecule has 0 bridgehead atoms. The van der Waals surface area contributed by atoms with Crippen LogP contribution in [0.15, 0.2) is 0 Å². The van der Waals surface area contributed by atoms with E-state index in [4.69, 9.17) is 33.2 Å². The Balaban J connectivity index is 1.73. The second kappa shape index (κ2) is 20.2. The van der Waals surface area contributed by atoms with Gasteiger partial charge >= 0.3 is 32.7 Å². The van der Waals surface area contributed by atoms with Crippen molar-refractivity contribution in [3.63, 3.8) is 0 Å². The minimum absolute atomic E-state index is 0.823. The van der Waals surface area contributed by atoms with Crippen molar-refractivity contribution < 1.29 is 138 Å². The number of hydrogen-bond donors (Lipinski definition) is 14. The average molecular weight is 937 g/mol. The number of aliphatic hydroxyl groups is 8. The van der Waals surface area contributed by atoms with Crippen LogP contribution in [-0.2, 0) is 81.5 Å². The number of amides is 2. The molecule has 61 heavy (non-hydrogen) atoms. The van der Waals surface area contributed by atoms with Gasteiger partial charge in [0.25, 0.3) is 0 Å². The van der Waals surface area contributed by atoms with Crippen molar-refractivity contribution in [3.05, 3.63) is 0 Å². The van der Waals surface area contributed by atoms with Gasteiger partial charge in [0, 0.05) is 13.8 Å². The van der Waals surface area contributed by atoms with Gasteiger partial charge in [-0.2, -0.15) is 16.8 Å². The van der Waals surface area contributed by atoms with E-state index in [2.05, 4.69) is 19.0 Å². The third kappa shape index (κ3) is 12.2. The normalized spacial score (nSPS) is 42.3. The summed E-state index contributed by atoms with van der Waals surface area (Å²) in [6.45, 7) is -0.754. The summed E-state index contributed by atoms with van der Waals surface area (Å²) in [6.07, 6.45) is -41.8. The van der Waals surface area contributed by atoms with Crippen molar-refractivity contribution in [2.75, 3.05) is 13.2 Å². The van der Waals surface area contributed by atoms with Gasteiger partial charge in [-0.1, -0.05) is 0 Å². The van der Waals surface area contributed by atoms with Crippen molar-refractivity contribution in [3.8, 4) is 0 Å². The van der Waals surface area contributed by atoms with E-state index in [9.17, 15) is 96.2 Å². The molecule has 352 valence electrons. The van der Waals surface area contributed by atoms with Gasteiger partial charge in [0.05, 0.1) is 13.2 Å². The first-order valence-electron chi connectivity index (χ1n) is 17.4. The molecule has 0 spiro atoms. The van der Waals surface area contributed by atoms with Crippen molar-refractivity contribution in [1.29, 1.82) is 0 Å². The van der Waals surface area contributed by atoms with Crippen LogP contribution in [-0.4, -0.2) is 237 Å². The van der Waals surface area contributed by atoms with Gasteiger partial charge in [0.1, 0.15) is 85.3 Å². The summed E-state index contributed by atoms with van der Waals surface area (Å²) in [4.78, 5) is 48.9. The molecule has 0 radical (unpaired) electrons. The highest BCUT2D eigenvalue weighted by atomic mass is 32.3. The fourth-order valence-corrected chi connectivity index (χ4v) is 7.80. The Morgan fingerprint density at radius 3 is 1.38 bits per heavy atom. The Kier molecular flexibility index (Phi) is 16.8. The van der Waals surface area contributed by atoms with Crippen molar-refractivity contribution in [2.24, 2.45) is 0 Å². The third-order valence-corrected chi connectivity index (χ3v) is 10.3. The van der Waals surface area contributed by atoms with Gasteiger partial charge in [-0.3, -0.25) is 18.7 Å². The number of carbonyl (C=O) groups excluding carboxylic acids is 2. The van der Waals surface area contributed by atoms with Crippen molar-refractivity contribution in [1.82, 2.24) is 10.6 Å². The summed E-state index contributed by atoms with van der Waals surface area (Å²) in [5.41, 5.74) is 0. The molecular weight excluding hydrogens is 892 g/mol. The molecule has 4 rings (SSSR count). The zero-order chi connectivity index (χ0) is 46.0. The van der Waals surface area contributed by atoms with Gasteiger partial charge in [0.2, 0.25) is 11.8 Å². The van der Waals surface area contributed by atoms with Gasteiger partial charge in [-0.25, -0.2) is 18.0 Å². The van der Waals surface area contributed by atoms with Crippen molar-refractivity contribution >= 4 is 44.6 Å². The Bertz CT molecular complexity index is 1790. The first kappa shape index (κ1) is 50.7. The lowest BCUT2D eigenvalue weighted by Gasteiger charge is -2.50. The van der Waals surface area contributed by atoms with E-state index in [1.54, 1.807) is 0 Å². The first-order valence-corrected chi connectivity index (χ1v) is 20.1. The Labute approximate surface area is 342 Å². The second-order valence-electron chi connectivity index (χ2n) is 13.7. The quantitative estimate of drug-likeness (QED) is 0.0639. The molecule has 2 amide bonds. The molecule has 4 heterocycles. The van der Waals surface area contributed by atoms with Gasteiger partial charge in [-0.15, -0.1) is 0 Å². The van der Waals surface area contributed by atoms with Gasteiger partial charge in [-0.05, 0) is 0 Å². The fourth-order valence-electron chi connectivity index (χ4n) is 6.78. The Morgan fingerprint density at radius 2 is 0.934 bits per heavy atom. The standard InChI is InChI=1S/C28H44N2O29S2/c1-5(33)29-9-18(16(58-60(45,46)47)7(3-31)51-25(9)44)53-28-15(39)13(37)20(22(57-28)24(42)43)55-26-10(30-6(2)34)19(17(8(4-32)52-26)59-61(48,49)50)54-27-14(38)11(35)12(36)21(56-27)23(40)41/h7-22,25-28,31-32,35-39,44H,3-4H2,1-2H3,(H,29,33)(H,30,34)(H,40,41)(H,42,43)(H,45,46,47)(H,48,49,50)/t7?,8?,9-,10?,11+,12-,13-,14-,15-,16+,17+,18-,19-,20-,21?,22?,25?,26+,27?,28?/m1/s1. The predicted octanol–water partition coefficient (Wildman–Crippen LogP) is -9.62. The van der Waals surface area contributed by atoms with Crippen LogP contribution < -0.4 is 10.6 Å². The van der Waals surface area contributed by atoms with Crippen LogP contribution in [0.1, 0.15) is 13.8 Å². The monoisotopic (exact) mass is 936 g/mol. The van der Waals surface area contributed by atoms with E-state index in [0.717, 1.165) is 13.8 Å². The lowest BCUT2D eigenvalue weighted by molar-refractivity contribution is -0.367. The largest absolute Gasteiger partial charge is 0.479 e. The number of carboxylic acid groups (broad SMARTS) is 2. The number of carboxylic acids is 2. The molecule has 0 aliphatic carbocycles. The highest BCUT2D eigenvalue weighted by Gasteiger charge is 2.59. The smallest absolute Gasteiger partial charge is 0.397 e. The lowest BCUT2D eigenvalue weighted by atomic mass is 9.94. The second-order valence-corrected chi connectivity index (χ2v) is 15.8. The van der Waals surface area contributed by atoms with Crippen LogP contribution in [0.4, 0.5) is 0 Å². The molecule has 0 aromatic rings. The van der Waals surface area contributed by atoms with Crippen LogP contribution in [0, 0.1) is 0 Å². The molecule has 20 atom stereocenters. The summed E-state index contributed by atoms with van der Waals surface area (Å²) < 4.78 is 113. The molecule has 4 aliphatic heterocycles. The number of rotatable bonds is 16. The summed E-state index contributed by atoms with van der Waals surface area (Å²) in [6, 6.07) is -4.04. The number of ether oxygens (including phenoxy) is 7. The van der Waals surface area contributed by atoms with E-state index in [0.29, 0.717) is 0 Å². The maximum atomic E-state index is 12.6. The maximum Gasteiger partial charge on any atom is 0.397 e. The van der Waals surface area contributed by atoms with E-state index in [1.165, 1.54) is 0 Å². The first-order chi connectivity index (χ1) is 28.2. The fraction of sp³-hybridized carbons (Fsp3) is 0.857. The third-order valence-electron chi connectivity index (χ3n) is 9.35. The molecule has 14 N–H and O–H groups in total. The van der Waals surface area contributed by atoms with E-state index in [-0.39, 0.29) is 0 Å². The number of aliphatic carboxylic acids is 2. The molecule has 4 saturated heterocycles. The molecule has 0 aromatic heterocycles. The molecular formula is C28H44N2O29S2. The Hall–Kier alpha value is -2.98. The summed E-state index contributed by atoms with van der Waals surface area (Å²) in [5.74, 6) is -5.99. The molecule has 4 fully saturated rings. The maximum absolute atomic E-state index is 12.6. The molecule has 31 nitrogen and oxygen atoms in total. The summed E-state index contributed by atoms with van der Waals surface area (Å²) in [7, 11) is -11.1. The number of nitrogens with one attached hydrogen (secondary N) is 2. The lowest BCUT2D eigenvalue weighted by Crippen LogP contribution is -2.71. The van der Waals surface area contributed by atoms with Crippen molar-refractivity contribution in [2.45, 2.75) is 137 Å². The number of hydrogen-bond acceptors (Lipinski definition) is 25. The van der Waals surface area contributed by atoms with Crippen LogP contribution in [0.2, 0.25) is 0 Å². The zero-order valence-corrected chi connectivity index (χ0v) is 32.7. The molecule has 33 heteroatoms. The SMILES string of the molecule is CC(=O)NC1[C@H](O[C@H]2C(C(=O)O)OC(O[C@@H]3[C@@H](NC(C)=O)C(O)OC(CO)[C@@H]3OS(=O)(=O)O)[C@H](O)[C@H]2O)OC(CO)[C@H](OS(=O)(=O)O)[C@@H]1OC1OC(C(=O)O)[C@H](O)[C@H](O)[C@H]1O. The summed E-state index contributed by atoms with van der Waals surface area (Å²) >= 11 is 0. The molecule has 8 unspecified atom stereocenters. The van der Waals surface area contributed by atoms with Crippen LogP contribution in [0.3, 0.4) is 0 Å². The van der Waals surface area contributed by atoms with Crippen LogP contribution >= 0.6 is 0 Å². The van der Waals surface area contributed by atoms with E-state index >= 15 is 0 Å². The summed E-state index contributed by atoms with van der Waals surface area (Å²) in [5, 5.41) is 108. The minimum atomic E-state index is -5.60.